The van der Waals surface area contributed by atoms with Crippen molar-refractivity contribution in [2.45, 2.75) is 38.3 Å². The molecule has 18 heavy (non-hydrogen) atoms. The number of rotatable bonds is 5. The highest BCUT2D eigenvalue weighted by molar-refractivity contribution is 5.89. The molecule has 0 heterocycles. The van der Waals surface area contributed by atoms with Gasteiger partial charge in [-0.05, 0) is 43.5 Å². The summed E-state index contributed by atoms with van der Waals surface area (Å²) in [4.78, 5) is 11.6. The fraction of sp³-hybridized carbons (Fsp3) is 0.500. The molecule has 1 aliphatic carbocycles. The molecule has 0 saturated heterocycles. The van der Waals surface area contributed by atoms with Gasteiger partial charge >= 0.3 is 5.97 Å². The number of hydrogen-bond donors (Lipinski definition) is 2. The Morgan fingerprint density at radius 3 is 2.61 bits per heavy atom. The zero-order valence-corrected chi connectivity index (χ0v) is 10.7. The van der Waals surface area contributed by atoms with Crippen LogP contribution in [0.4, 0.5) is 5.69 Å². The molecule has 1 aliphatic rings. The molecule has 4 heteroatoms. The van der Waals surface area contributed by atoms with E-state index >= 15 is 0 Å². The predicted octanol–water partition coefficient (Wildman–Crippen LogP) is 2.16. The van der Waals surface area contributed by atoms with Crippen molar-refractivity contribution >= 4 is 11.7 Å². The molecule has 1 aromatic rings. The molecule has 0 aromatic heterocycles. The fourth-order valence-corrected chi connectivity index (χ4v) is 2.00. The van der Waals surface area contributed by atoms with Crippen molar-refractivity contribution in [2.75, 3.05) is 11.9 Å². The van der Waals surface area contributed by atoms with E-state index < -0.39 is 0 Å². The minimum atomic E-state index is -0.255. The second-order valence-electron chi connectivity index (χ2n) is 4.79. The number of anilines is 1. The molecule has 0 bridgehead atoms. The van der Waals surface area contributed by atoms with E-state index in [4.69, 9.17) is 10.5 Å². The zero-order chi connectivity index (χ0) is 13.0. The molecule has 0 atom stereocenters. The van der Waals surface area contributed by atoms with Crippen LogP contribution in [0.2, 0.25) is 0 Å². The van der Waals surface area contributed by atoms with Crippen LogP contribution in [0.15, 0.2) is 24.3 Å². The predicted molar refractivity (Wildman–Crippen MR) is 71.6 cm³/mol. The molecule has 4 nitrogen and oxygen atoms in total. The maximum absolute atomic E-state index is 11.6. The highest BCUT2D eigenvalue weighted by Gasteiger charge is 2.25. The average molecular weight is 248 g/mol. The highest BCUT2D eigenvalue weighted by Crippen LogP contribution is 2.22. The normalized spacial score (nSPS) is 22.1. The molecule has 3 N–H and O–H groups in total. The lowest BCUT2D eigenvalue weighted by molar-refractivity contribution is 0.0505. The van der Waals surface area contributed by atoms with Gasteiger partial charge in [-0.25, -0.2) is 4.79 Å². The number of ether oxygens (including phenoxy) is 1. The third kappa shape index (κ3) is 3.23. The van der Waals surface area contributed by atoms with Gasteiger partial charge in [-0.2, -0.15) is 0 Å². The number of nitrogens with two attached hydrogens (primary N) is 1. The summed E-state index contributed by atoms with van der Waals surface area (Å²) in [6.45, 7) is 2.45. The quantitative estimate of drug-likeness (QED) is 0.784. The third-order valence-corrected chi connectivity index (χ3v) is 3.10. The van der Waals surface area contributed by atoms with E-state index in [1.54, 1.807) is 12.1 Å². The van der Waals surface area contributed by atoms with Gasteiger partial charge in [0.05, 0.1) is 12.2 Å². The van der Waals surface area contributed by atoms with Crippen LogP contribution >= 0.6 is 0 Å². The van der Waals surface area contributed by atoms with Crippen LogP contribution in [0.25, 0.3) is 0 Å². The lowest BCUT2D eigenvalue weighted by Crippen LogP contribution is -2.44. The molecule has 0 amide bonds. The second-order valence-corrected chi connectivity index (χ2v) is 4.79. The standard InChI is InChI=1S/C14H20N2O2/c1-2-7-18-14(17)10-3-5-12(6-4-10)16-13-8-11(15)9-13/h3-6,11,13,16H,2,7-9,15H2,1H3. The van der Waals surface area contributed by atoms with Crippen molar-refractivity contribution in [1.82, 2.24) is 0 Å². The summed E-state index contributed by atoms with van der Waals surface area (Å²) in [7, 11) is 0. The first-order valence-corrected chi connectivity index (χ1v) is 6.48. The van der Waals surface area contributed by atoms with E-state index in [1.807, 2.05) is 19.1 Å². The zero-order valence-electron chi connectivity index (χ0n) is 10.7. The Kier molecular flexibility index (Phi) is 4.20. The summed E-state index contributed by atoms with van der Waals surface area (Å²) >= 11 is 0. The van der Waals surface area contributed by atoms with E-state index in [0.29, 0.717) is 24.3 Å². The molecule has 0 unspecified atom stereocenters. The van der Waals surface area contributed by atoms with Gasteiger partial charge < -0.3 is 15.8 Å². The molecule has 0 aliphatic heterocycles. The fourth-order valence-electron chi connectivity index (χ4n) is 2.00. The molecule has 1 aromatic carbocycles. The number of esters is 1. The molecular formula is C14H20N2O2. The van der Waals surface area contributed by atoms with E-state index in [2.05, 4.69) is 5.32 Å². The molecule has 98 valence electrons. The lowest BCUT2D eigenvalue weighted by Gasteiger charge is -2.33. The minimum Gasteiger partial charge on any atom is -0.462 e. The molecule has 1 saturated carbocycles. The molecule has 0 radical (unpaired) electrons. The summed E-state index contributed by atoms with van der Waals surface area (Å²) in [5.74, 6) is -0.255. The Labute approximate surface area is 108 Å². The second kappa shape index (κ2) is 5.87. The first kappa shape index (κ1) is 12.9. The molecular weight excluding hydrogens is 228 g/mol. The van der Waals surface area contributed by atoms with Crippen molar-refractivity contribution in [3.8, 4) is 0 Å². The van der Waals surface area contributed by atoms with Gasteiger partial charge in [-0.3, -0.25) is 0 Å². The Morgan fingerprint density at radius 1 is 1.39 bits per heavy atom. The van der Waals surface area contributed by atoms with Crippen LogP contribution < -0.4 is 11.1 Å². The van der Waals surface area contributed by atoms with Crippen molar-refractivity contribution < 1.29 is 9.53 Å². The average Bonchev–Trinajstić information content (AvgIpc) is 2.35. The number of carbonyl (C=O) groups excluding carboxylic acids is 1. The third-order valence-electron chi connectivity index (χ3n) is 3.10. The molecule has 1 fully saturated rings. The summed E-state index contributed by atoms with van der Waals surface area (Å²) in [5.41, 5.74) is 7.36. The first-order valence-electron chi connectivity index (χ1n) is 6.48. The Bertz CT molecular complexity index is 397. The van der Waals surface area contributed by atoms with Gasteiger partial charge in [0, 0.05) is 17.8 Å². The Balaban J connectivity index is 1.87. The number of hydrogen-bond acceptors (Lipinski definition) is 4. The van der Waals surface area contributed by atoms with Gasteiger partial charge in [-0.15, -0.1) is 0 Å². The highest BCUT2D eigenvalue weighted by atomic mass is 16.5. The lowest BCUT2D eigenvalue weighted by atomic mass is 9.87. The minimum absolute atomic E-state index is 0.255. The van der Waals surface area contributed by atoms with E-state index in [1.165, 1.54) is 0 Å². The van der Waals surface area contributed by atoms with E-state index in [0.717, 1.165) is 24.9 Å². The number of benzene rings is 1. The van der Waals surface area contributed by atoms with E-state index in [9.17, 15) is 4.79 Å². The van der Waals surface area contributed by atoms with Gasteiger partial charge in [0.1, 0.15) is 0 Å². The molecule has 0 spiro atoms. The van der Waals surface area contributed by atoms with Crippen LogP contribution in [0.1, 0.15) is 36.5 Å². The van der Waals surface area contributed by atoms with Crippen LogP contribution in [-0.4, -0.2) is 24.7 Å². The van der Waals surface area contributed by atoms with Gasteiger partial charge in [0.25, 0.3) is 0 Å². The largest absolute Gasteiger partial charge is 0.462 e. The van der Waals surface area contributed by atoms with Crippen LogP contribution in [0.5, 0.6) is 0 Å². The van der Waals surface area contributed by atoms with Crippen LogP contribution in [0.3, 0.4) is 0 Å². The Hall–Kier alpha value is -1.55. The molecule has 2 rings (SSSR count). The summed E-state index contributed by atoms with van der Waals surface area (Å²) in [6.07, 6.45) is 2.87. The number of nitrogens with one attached hydrogen (secondary N) is 1. The van der Waals surface area contributed by atoms with Gasteiger partial charge in [0.2, 0.25) is 0 Å². The monoisotopic (exact) mass is 248 g/mol. The van der Waals surface area contributed by atoms with Crippen molar-refractivity contribution in [1.29, 1.82) is 0 Å². The topological polar surface area (TPSA) is 64.3 Å². The maximum atomic E-state index is 11.6. The van der Waals surface area contributed by atoms with Crippen molar-refractivity contribution in [2.24, 2.45) is 5.73 Å². The van der Waals surface area contributed by atoms with E-state index in [-0.39, 0.29) is 5.97 Å². The first-order chi connectivity index (χ1) is 8.69. The Morgan fingerprint density at radius 2 is 2.06 bits per heavy atom. The number of carbonyl (C=O) groups is 1. The van der Waals surface area contributed by atoms with Gasteiger partial charge in [-0.1, -0.05) is 6.92 Å². The summed E-state index contributed by atoms with van der Waals surface area (Å²) in [6, 6.07) is 8.21. The SMILES string of the molecule is CCCOC(=O)c1ccc(NC2CC(N)C2)cc1. The summed E-state index contributed by atoms with van der Waals surface area (Å²) < 4.78 is 5.07. The van der Waals surface area contributed by atoms with Gasteiger partial charge in [0.15, 0.2) is 0 Å². The van der Waals surface area contributed by atoms with Crippen LogP contribution in [0, 0.1) is 0 Å². The maximum Gasteiger partial charge on any atom is 0.338 e. The van der Waals surface area contributed by atoms with Crippen LogP contribution in [-0.2, 0) is 4.74 Å². The summed E-state index contributed by atoms with van der Waals surface area (Å²) in [5, 5.41) is 3.39. The van der Waals surface area contributed by atoms with Crippen molar-refractivity contribution in [3.63, 3.8) is 0 Å². The van der Waals surface area contributed by atoms with Crippen molar-refractivity contribution in [3.05, 3.63) is 29.8 Å². The smallest absolute Gasteiger partial charge is 0.338 e.